The molecule has 0 N–H and O–H groups in total. The highest BCUT2D eigenvalue weighted by Crippen LogP contribution is 2.43. The van der Waals surface area contributed by atoms with Gasteiger partial charge in [0.2, 0.25) is 0 Å². The fourth-order valence-corrected chi connectivity index (χ4v) is 4.71. The summed E-state index contributed by atoms with van der Waals surface area (Å²) in [6.45, 7) is 2.70. The Balaban J connectivity index is 1.77. The van der Waals surface area contributed by atoms with Crippen LogP contribution < -0.4 is 0 Å². The minimum Gasteiger partial charge on any atom is -0.371 e. The Morgan fingerprint density at radius 3 is 2.74 bits per heavy atom. The van der Waals surface area contributed by atoms with E-state index in [0.29, 0.717) is 11.9 Å². The van der Waals surface area contributed by atoms with E-state index in [-0.39, 0.29) is 24.0 Å². The molecule has 1 aromatic rings. The maximum atomic E-state index is 11.5. The molecule has 1 aromatic carbocycles. The fourth-order valence-electron chi connectivity index (χ4n) is 3.37. The van der Waals surface area contributed by atoms with Gasteiger partial charge in [0.25, 0.3) is 0 Å². The highest BCUT2D eigenvalue weighted by atomic mass is 32.2. The van der Waals surface area contributed by atoms with Gasteiger partial charge in [-0.05, 0) is 17.9 Å². The van der Waals surface area contributed by atoms with E-state index in [1.165, 1.54) is 0 Å². The average molecular weight is 332 g/mol. The summed E-state index contributed by atoms with van der Waals surface area (Å²) in [5, 5.41) is 1.40. The Kier molecular flexibility index (Phi) is 5.07. The Bertz CT molecular complexity index is 576. The molecule has 1 saturated carbocycles. The number of rotatable bonds is 4. The first kappa shape index (κ1) is 16.5. The second-order valence-electron chi connectivity index (χ2n) is 6.61. The Morgan fingerprint density at radius 2 is 2.09 bits per heavy atom. The number of fused-ring (bicyclic) bond motifs is 1. The molecule has 3 rings (SSSR count). The van der Waals surface area contributed by atoms with E-state index in [4.69, 9.17) is 9.73 Å². The minimum atomic E-state index is -0.00546. The molecular formula is C18H24N2O2S. The van der Waals surface area contributed by atoms with Crippen LogP contribution in [0.4, 0.5) is 0 Å². The first-order valence-electron chi connectivity index (χ1n) is 8.12. The quantitative estimate of drug-likeness (QED) is 0.795. The highest BCUT2D eigenvalue weighted by molar-refractivity contribution is 8.14. The molecule has 0 aromatic heterocycles. The molecule has 1 aliphatic heterocycles. The number of thioether (sulfide) groups is 1. The lowest BCUT2D eigenvalue weighted by molar-refractivity contribution is -0.118. The summed E-state index contributed by atoms with van der Waals surface area (Å²) in [7, 11) is 4.03. The van der Waals surface area contributed by atoms with E-state index in [1.54, 1.807) is 11.8 Å². The van der Waals surface area contributed by atoms with E-state index in [2.05, 4.69) is 24.0 Å². The number of carbonyl (C=O) groups excluding carboxylic acids is 1. The van der Waals surface area contributed by atoms with E-state index >= 15 is 0 Å². The minimum absolute atomic E-state index is 0.00546. The van der Waals surface area contributed by atoms with Crippen LogP contribution in [0.15, 0.2) is 35.3 Å². The third kappa shape index (κ3) is 3.45. The van der Waals surface area contributed by atoms with Crippen LogP contribution >= 0.6 is 11.8 Å². The zero-order valence-corrected chi connectivity index (χ0v) is 14.7. The molecule has 1 heterocycles. The van der Waals surface area contributed by atoms with E-state index in [0.717, 1.165) is 23.4 Å². The van der Waals surface area contributed by atoms with Crippen molar-refractivity contribution in [3.05, 3.63) is 35.9 Å². The largest absolute Gasteiger partial charge is 0.371 e. The number of ether oxygens (including phenoxy) is 1. The highest BCUT2D eigenvalue weighted by Gasteiger charge is 2.47. The normalized spacial score (nSPS) is 33.0. The van der Waals surface area contributed by atoms with Crippen LogP contribution in [-0.2, 0) is 16.1 Å². The predicted octanol–water partition coefficient (Wildman–Crippen LogP) is 2.83. The third-order valence-electron chi connectivity index (χ3n) is 4.77. The summed E-state index contributed by atoms with van der Waals surface area (Å²) in [6, 6.07) is 10.3. The van der Waals surface area contributed by atoms with Gasteiger partial charge in [0.05, 0.1) is 18.8 Å². The number of aliphatic imine (C=N–C) groups is 1. The Hall–Kier alpha value is -1.33. The van der Waals surface area contributed by atoms with Crippen LogP contribution in [0, 0.1) is 11.8 Å². The lowest BCUT2D eigenvalue weighted by Gasteiger charge is -2.39. The van der Waals surface area contributed by atoms with Crippen molar-refractivity contribution < 1.29 is 9.53 Å². The van der Waals surface area contributed by atoms with Gasteiger partial charge in [-0.2, -0.15) is 0 Å². The van der Waals surface area contributed by atoms with E-state index in [9.17, 15) is 4.79 Å². The van der Waals surface area contributed by atoms with Crippen molar-refractivity contribution >= 4 is 23.2 Å². The fraction of sp³-hybridized carbons (Fsp3) is 0.556. The molecule has 1 aliphatic carbocycles. The first-order chi connectivity index (χ1) is 11.1. The second kappa shape index (κ2) is 7.05. The number of benzene rings is 1. The summed E-state index contributed by atoms with van der Waals surface area (Å²) in [6.07, 6.45) is 1.99. The Morgan fingerprint density at radius 1 is 1.35 bits per heavy atom. The number of hydrogen-bond acceptors (Lipinski definition) is 5. The van der Waals surface area contributed by atoms with Crippen molar-refractivity contribution in [3.8, 4) is 0 Å². The summed E-state index contributed by atoms with van der Waals surface area (Å²) < 4.78 is 6.26. The van der Waals surface area contributed by atoms with Crippen LogP contribution in [0.2, 0.25) is 0 Å². The van der Waals surface area contributed by atoms with Crippen LogP contribution in [-0.4, -0.2) is 47.8 Å². The molecule has 1 fully saturated rings. The van der Waals surface area contributed by atoms with Gasteiger partial charge in [0.15, 0.2) is 5.17 Å². The SMILES string of the molecule is C[C@H]1[C@H](OCc2ccccc2)[C@H]2N=C(N(C)C)S[C@H]2C[C@@H]1C=O. The lowest BCUT2D eigenvalue weighted by atomic mass is 9.76. The third-order valence-corrected chi connectivity index (χ3v) is 6.23. The predicted molar refractivity (Wildman–Crippen MR) is 94.6 cm³/mol. The van der Waals surface area contributed by atoms with Crippen molar-refractivity contribution in [2.75, 3.05) is 14.1 Å². The molecule has 0 amide bonds. The van der Waals surface area contributed by atoms with Gasteiger partial charge >= 0.3 is 0 Å². The van der Waals surface area contributed by atoms with Crippen molar-refractivity contribution in [3.63, 3.8) is 0 Å². The van der Waals surface area contributed by atoms with Crippen molar-refractivity contribution in [1.29, 1.82) is 0 Å². The summed E-state index contributed by atoms with van der Waals surface area (Å²) >= 11 is 1.79. The van der Waals surface area contributed by atoms with Gasteiger partial charge < -0.3 is 14.4 Å². The summed E-state index contributed by atoms with van der Waals surface area (Å²) in [4.78, 5) is 18.4. The maximum Gasteiger partial charge on any atom is 0.159 e. The molecular weight excluding hydrogens is 308 g/mol. The molecule has 4 nitrogen and oxygen atoms in total. The zero-order chi connectivity index (χ0) is 16.4. The molecule has 0 radical (unpaired) electrons. The smallest absolute Gasteiger partial charge is 0.159 e. The van der Waals surface area contributed by atoms with Crippen LogP contribution in [0.3, 0.4) is 0 Å². The molecule has 0 spiro atoms. The molecule has 2 aliphatic rings. The van der Waals surface area contributed by atoms with Crippen molar-refractivity contribution in [2.45, 2.75) is 37.3 Å². The van der Waals surface area contributed by atoms with Gasteiger partial charge in [-0.3, -0.25) is 4.99 Å². The van der Waals surface area contributed by atoms with E-state index < -0.39 is 0 Å². The Labute approximate surface area is 142 Å². The number of nitrogens with zero attached hydrogens (tertiary/aromatic N) is 2. The van der Waals surface area contributed by atoms with Gasteiger partial charge in [-0.25, -0.2) is 0 Å². The molecule has 5 heteroatoms. The topological polar surface area (TPSA) is 41.9 Å². The summed E-state index contributed by atoms with van der Waals surface area (Å²) in [5.74, 6) is 0.254. The molecule has 124 valence electrons. The molecule has 5 atom stereocenters. The average Bonchev–Trinajstić information content (AvgIpc) is 2.98. The molecule has 0 bridgehead atoms. The van der Waals surface area contributed by atoms with Gasteiger partial charge in [0.1, 0.15) is 6.29 Å². The second-order valence-corrected chi connectivity index (χ2v) is 7.82. The number of aldehydes is 1. The number of carbonyl (C=O) groups is 1. The van der Waals surface area contributed by atoms with Crippen molar-refractivity contribution in [2.24, 2.45) is 16.8 Å². The van der Waals surface area contributed by atoms with E-state index in [1.807, 2.05) is 32.3 Å². The maximum absolute atomic E-state index is 11.5. The molecule has 23 heavy (non-hydrogen) atoms. The lowest BCUT2D eigenvalue weighted by Crippen LogP contribution is -2.47. The van der Waals surface area contributed by atoms with Crippen LogP contribution in [0.25, 0.3) is 0 Å². The zero-order valence-electron chi connectivity index (χ0n) is 13.9. The van der Waals surface area contributed by atoms with Crippen LogP contribution in [0.5, 0.6) is 0 Å². The van der Waals surface area contributed by atoms with Gasteiger partial charge in [-0.15, -0.1) is 0 Å². The number of amidine groups is 1. The van der Waals surface area contributed by atoms with Gasteiger partial charge in [-0.1, -0.05) is 49.0 Å². The molecule has 0 unspecified atom stereocenters. The monoisotopic (exact) mass is 332 g/mol. The summed E-state index contributed by atoms with van der Waals surface area (Å²) in [5.41, 5.74) is 1.16. The van der Waals surface area contributed by atoms with Crippen molar-refractivity contribution in [1.82, 2.24) is 4.90 Å². The number of hydrogen-bond donors (Lipinski definition) is 0. The molecule has 0 saturated heterocycles. The van der Waals surface area contributed by atoms with Gasteiger partial charge in [0, 0.05) is 25.3 Å². The standard InChI is InChI=1S/C18H24N2O2S/c1-12-14(10-21)9-15-16(19-18(23-15)20(2)3)17(12)22-11-13-7-5-4-6-8-13/h4-8,10,12,14-17H,9,11H2,1-3H3/t12-,14-,15+,16+,17+/m1/s1. The first-order valence-corrected chi connectivity index (χ1v) is 9.00. The van der Waals surface area contributed by atoms with Crippen LogP contribution in [0.1, 0.15) is 18.9 Å².